The maximum absolute atomic E-state index is 10.6. The molecule has 1 atom stereocenters. The molecule has 3 nitrogen and oxygen atoms in total. The molecule has 0 saturated carbocycles. The number of fused-ring (bicyclic) bond motifs is 1. The summed E-state index contributed by atoms with van der Waals surface area (Å²) in [4.78, 5) is 3.96. The first-order chi connectivity index (χ1) is 6.27. The minimum absolute atomic E-state index is 0.0821. The molecule has 4 heteroatoms. The summed E-state index contributed by atoms with van der Waals surface area (Å²) in [7, 11) is 0. The number of hydrogen-bond acceptors (Lipinski definition) is 3. The number of pyridine rings is 1. The molecule has 0 radical (unpaired) electrons. The molecular formula is C9H6NO2S-. The van der Waals surface area contributed by atoms with Crippen molar-refractivity contribution in [2.45, 2.75) is 5.03 Å². The molecule has 0 bridgehead atoms. The second-order valence-electron chi connectivity index (χ2n) is 2.58. The molecule has 66 valence electrons. The summed E-state index contributed by atoms with van der Waals surface area (Å²) >= 11 is -2.25. The van der Waals surface area contributed by atoms with Gasteiger partial charge in [-0.25, -0.2) is 4.98 Å². The second-order valence-corrected chi connectivity index (χ2v) is 3.46. The molecule has 13 heavy (non-hydrogen) atoms. The van der Waals surface area contributed by atoms with Gasteiger partial charge >= 0.3 is 0 Å². The van der Waals surface area contributed by atoms with Crippen LogP contribution in [0.15, 0.2) is 41.4 Å². The van der Waals surface area contributed by atoms with E-state index in [0.29, 0.717) is 5.52 Å². The van der Waals surface area contributed by atoms with Crippen LogP contribution in [-0.2, 0) is 11.1 Å². The highest BCUT2D eigenvalue weighted by Gasteiger charge is 1.96. The third-order valence-electron chi connectivity index (χ3n) is 1.74. The molecule has 0 aliphatic carbocycles. The van der Waals surface area contributed by atoms with E-state index in [1.807, 2.05) is 18.2 Å². The van der Waals surface area contributed by atoms with E-state index < -0.39 is 11.1 Å². The summed E-state index contributed by atoms with van der Waals surface area (Å²) in [5, 5.41) is 1.02. The summed E-state index contributed by atoms with van der Waals surface area (Å²) in [6.45, 7) is 0. The van der Waals surface area contributed by atoms with Crippen LogP contribution in [0.5, 0.6) is 0 Å². The Morgan fingerprint density at radius 3 is 2.69 bits per heavy atom. The van der Waals surface area contributed by atoms with Crippen molar-refractivity contribution in [2.24, 2.45) is 0 Å². The Kier molecular flexibility index (Phi) is 2.08. The normalized spacial score (nSPS) is 13.0. The third kappa shape index (κ3) is 1.59. The van der Waals surface area contributed by atoms with Gasteiger partial charge in [0.2, 0.25) is 0 Å². The van der Waals surface area contributed by atoms with E-state index >= 15 is 0 Å². The van der Waals surface area contributed by atoms with Crippen molar-refractivity contribution < 1.29 is 8.76 Å². The van der Waals surface area contributed by atoms with Crippen LogP contribution in [0.25, 0.3) is 10.9 Å². The van der Waals surface area contributed by atoms with Crippen molar-refractivity contribution in [3.63, 3.8) is 0 Å². The predicted molar refractivity (Wildman–Crippen MR) is 48.9 cm³/mol. The molecule has 0 aliphatic rings. The fourth-order valence-electron chi connectivity index (χ4n) is 1.14. The van der Waals surface area contributed by atoms with E-state index in [9.17, 15) is 8.76 Å². The highest BCUT2D eigenvalue weighted by molar-refractivity contribution is 7.79. The van der Waals surface area contributed by atoms with Crippen LogP contribution in [0.4, 0.5) is 0 Å². The van der Waals surface area contributed by atoms with Crippen LogP contribution in [0.1, 0.15) is 0 Å². The van der Waals surface area contributed by atoms with Crippen LogP contribution in [0.3, 0.4) is 0 Å². The molecule has 2 aromatic rings. The van der Waals surface area contributed by atoms with Crippen molar-refractivity contribution in [1.29, 1.82) is 0 Å². The molecule has 0 spiro atoms. The van der Waals surface area contributed by atoms with Gasteiger partial charge in [0.1, 0.15) is 5.03 Å². The van der Waals surface area contributed by atoms with Gasteiger partial charge in [0.15, 0.2) is 0 Å². The molecule has 1 heterocycles. The quantitative estimate of drug-likeness (QED) is 0.643. The van der Waals surface area contributed by atoms with Crippen molar-refractivity contribution in [3.05, 3.63) is 36.4 Å². The van der Waals surface area contributed by atoms with Gasteiger partial charge in [-0.3, -0.25) is 4.21 Å². The second kappa shape index (κ2) is 3.24. The average molecular weight is 192 g/mol. The Labute approximate surface area is 77.7 Å². The lowest BCUT2D eigenvalue weighted by atomic mass is 10.2. The fraction of sp³-hybridized carbons (Fsp3) is 0. The largest absolute Gasteiger partial charge is 0.767 e. The minimum atomic E-state index is -2.25. The molecule has 0 saturated heterocycles. The van der Waals surface area contributed by atoms with Gasteiger partial charge in [-0.1, -0.05) is 24.3 Å². The maximum atomic E-state index is 10.6. The van der Waals surface area contributed by atoms with Crippen molar-refractivity contribution in [2.75, 3.05) is 0 Å². The average Bonchev–Trinajstić information content (AvgIpc) is 2.17. The first-order valence-corrected chi connectivity index (χ1v) is 4.80. The van der Waals surface area contributed by atoms with Crippen LogP contribution in [-0.4, -0.2) is 13.7 Å². The number of hydrogen-bond donors (Lipinski definition) is 0. The van der Waals surface area contributed by atoms with Gasteiger partial charge in [-0.2, -0.15) is 0 Å². The lowest BCUT2D eigenvalue weighted by molar-refractivity contribution is 0.534. The van der Waals surface area contributed by atoms with Crippen molar-refractivity contribution >= 4 is 22.0 Å². The molecule has 2 rings (SSSR count). The van der Waals surface area contributed by atoms with E-state index in [1.54, 1.807) is 12.1 Å². The fourth-order valence-corrected chi connectivity index (χ4v) is 1.49. The Bertz CT molecular complexity index is 470. The van der Waals surface area contributed by atoms with E-state index in [0.717, 1.165) is 5.39 Å². The summed E-state index contributed by atoms with van der Waals surface area (Å²) in [6.07, 6.45) is 0. The monoisotopic (exact) mass is 192 g/mol. The smallest absolute Gasteiger partial charge is 0.114 e. The van der Waals surface area contributed by atoms with E-state index in [-0.39, 0.29) is 5.03 Å². The standard InChI is InChI=1S/C9H7NO2S/c11-13(12)9-6-5-7-3-1-2-4-8(7)10-9/h1-6H,(H,11,12)/p-1. The molecule has 0 amide bonds. The molecule has 1 aromatic heterocycles. The lowest BCUT2D eigenvalue weighted by Crippen LogP contribution is -1.92. The van der Waals surface area contributed by atoms with Gasteiger partial charge in [0, 0.05) is 5.39 Å². The van der Waals surface area contributed by atoms with Gasteiger partial charge in [0.25, 0.3) is 0 Å². The highest BCUT2D eigenvalue weighted by atomic mass is 32.2. The minimum Gasteiger partial charge on any atom is -0.767 e. The molecule has 1 aromatic carbocycles. The SMILES string of the molecule is O=S([O-])c1ccc2ccccc2n1. The van der Waals surface area contributed by atoms with E-state index in [2.05, 4.69) is 4.98 Å². The van der Waals surface area contributed by atoms with Crippen LogP contribution in [0.2, 0.25) is 0 Å². The van der Waals surface area contributed by atoms with Gasteiger partial charge in [0.05, 0.1) is 5.52 Å². The Morgan fingerprint density at radius 1 is 1.15 bits per heavy atom. The topological polar surface area (TPSA) is 53.0 Å². The van der Waals surface area contributed by atoms with Gasteiger partial charge in [-0.05, 0) is 23.2 Å². The number of aromatic nitrogens is 1. The zero-order valence-electron chi connectivity index (χ0n) is 6.64. The van der Waals surface area contributed by atoms with E-state index in [1.165, 1.54) is 6.07 Å². The van der Waals surface area contributed by atoms with Crippen LogP contribution >= 0.6 is 0 Å². The molecule has 1 unspecified atom stereocenters. The summed E-state index contributed by atoms with van der Waals surface area (Å²) in [5.41, 5.74) is 0.698. The molecule has 0 aliphatic heterocycles. The van der Waals surface area contributed by atoms with Crippen LogP contribution in [0, 0.1) is 0 Å². The molecule has 0 N–H and O–H groups in total. The summed E-state index contributed by atoms with van der Waals surface area (Å²) < 4.78 is 21.2. The summed E-state index contributed by atoms with van der Waals surface area (Å²) in [5.74, 6) is 0. The number of para-hydroxylation sites is 1. The van der Waals surface area contributed by atoms with Gasteiger partial charge in [-0.15, -0.1) is 0 Å². The first-order valence-electron chi connectivity index (χ1n) is 3.72. The number of nitrogens with zero attached hydrogens (tertiary/aromatic N) is 1. The molecule has 0 fully saturated rings. The first kappa shape index (κ1) is 8.34. The van der Waals surface area contributed by atoms with Crippen molar-refractivity contribution in [1.82, 2.24) is 4.98 Å². The number of rotatable bonds is 1. The number of benzene rings is 1. The summed E-state index contributed by atoms with van der Waals surface area (Å²) in [6, 6.07) is 10.6. The maximum Gasteiger partial charge on any atom is 0.114 e. The third-order valence-corrected chi connectivity index (χ3v) is 2.31. The molecular weight excluding hydrogens is 186 g/mol. The Morgan fingerprint density at radius 2 is 1.92 bits per heavy atom. The van der Waals surface area contributed by atoms with E-state index in [4.69, 9.17) is 0 Å². The van der Waals surface area contributed by atoms with Crippen molar-refractivity contribution in [3.8, 4) is 0 Å². The lowest BCUT2D eigenvalue weighted by Gasteiger charge is -2.04. The highest BCUT2D eigenvalue weighted by Crippen LogP contribution is 2.12. The Hall–Kier alpha value is -1.26. The van der Waals surface area contributed by atoms with Gasteiger partial charge < -0.3 is 4.55 Å². The Balaban J connectivity index is 2.69. The predicted octanol–water partition coefficient (Wildman–Crippen LogP) is 1.47. The van der Waals surface area contributed by atoms with Crippen LogP contribution < -0.4 is 0 Å². The zero-order valence-corrected chi connectivity index (χ0v) is 7.45. The zero-order chi connectivity index (χ0) is 9.26.